The zero-order valence-electron chi connectivity index (χ0n) is 13.6. The molecule has 1 fully saturated rings. The molecule has 0 aliphatic carbocycles. The van der Waals surface area contributed by atoms with Crippen molar-refractivity contribution in [3.05, 3.63) is 53.3 Å². The minimum Gasteiger partial charge on any atom is -0.443 e. The first-order valence-electron chi connectivity index (χ1n) is 8.28. The first-order valence-corrected chi connectivity index (χ1v) is 8.28. The largest absolute Gasteiger partial charge is 0.443 e. The van der Waals surface area contributed by atoms with Crippen LogP contribution in [0.2, 0.25) is 0 Å². The zero-order valence-corrected chi connectivity index (χ0v) is 13.6. The Morgan fingerprint density at radius 2 is 2.04 bits per heavy atom. The van der Waals surface area contributed by atoms with E-state index in [4.69, 9.17) is 14.7 Å². The van der Waals surface area contributed by atoms with Gasteiger partial charge in [0.1, 0.15) is 11.8 Å². The van der Waals surface area contributed by atoms with Crippen molar-refractivity contribution in [2.75, 3.05) is 13.1 Å². The number of nitrogens with zero attached hydrogens (tertiary/aromatic N) is 2. The SMILES string of the molecule is CC1(c2ccc(C#N)cn2)Oc2cccc(C3CCNCC3)c2O1. The van der Waals surface area contributed by atoms with Gasteiger partial charge in [-0.2, -0.15) is 5.26 Å². The summed E-state index contributed by atoms with van der Waals surface area (Å²) in [6, 6.07) is 11.7. The summed E-state index contributed by atoms with van der Waals surface area (Å²) in [6.45, 7) is 3.93. The van der Waals surface area contributed by atoms with Gasteiger partial charge in [-0.1, -0.05) is 12.1 Å². The minimum atomic E-state index is -0.959. The van der Waals surface area contributed by atoms with E-state index < -0.39 is 5.79 Å². The van der Waals surface area contributed by atoms with Gasteiger partial charge in [0, 0.05) is 18.7 Å². The maximum absolute atomic E-state index is 8.92. The number of para-hydroxylation sites is 1. The van der Waals surface area contributed by atoms with Crippen molar-refractivity contribution >= 4 is 0 Å². The van der Waals surface area contributed by atoms with Crippen LogP contribution in [-0.2, 0) is 5.79 Å². The second kappa shape index (κ2) is 5.81. The molecule has 1 N–H and O–H groups in total. The van der Waals surface area contributed by atoms with E-state index in [9.17, 15) is 0 Å². The Morgan fingerprint density at radius 1 is 1.21 bits per heavy atom. The number of fused-ring (bicyclic) bond motifs is 1. The van der Waals surface area contributed by atoms with Crippen LogP contribution in [0.15, 0.2) is 36.5 Å². The molecule has 1 unspecified atom stereocenters. The number of aromatic nitrogens is 1. The molecule has 2 aliphatic heterocycles. The van der Waals surface area contributed by atoms with Gasteiger partial charge >= 0.3 is 0 Å². The molecule has 1 saturated heterocycles. The summed E-state index contributed by atoms with van der Waals surface area (Å²) in [5, 5.41) is 12.3. The molecule has 24 heavy (non-hydrogen) atoms. The third kappa shape index (κ3) is 2.49. The Labute approximate surface area is 141 Å². The number of hydrogen-bond acceptors (Lipinski definition) is 5. The van der Waals surface area contributed by atoms with Crippen LogP contribution in [0.1, 0.15) is 42.5 Å². The molecule has 0 spiro atoms. The summed E-state index contributed by atoms with van der Waals surface area (Å²) >= 11 is 0. The average molecular weight is 321 g/mol. The molecule has 2 aliphatic rings. The molecular weight excluding hydrogens is 302 g/mol. The number of nitrogens with one attached hydrogen (secondary N) is 1. The highest BCUT2D eigenvalue weighted by atomic mass is 16.7. The van der Waals surface area contributed by atoms with E-state index in [1.165, 1.54) is 5.56 Å². The van der Waals surface area contributed by atoms with Crippen LogP contribution < -0.4 is 14.8 Å². The standard InChI is InChI=1S/C19H19N3O2/c1-19(17-6-5-13(11-20)12-22-17)23-16-4-2-3-15(18(16)24-19)14-7-9-21-10-8-14/h2-6,12,14,21H,7-10H2,1H3. The molecular formula is C19H19N3O2. The highest BCUT2D eigenvalue weighted by Gasteiger charge is 2.42. The average Bonchev–Trinajstić information content (AvgIpc) is 3.00. The maximum Gasteiger partial charge on any atom is 0.292 e. The van der Waals surface area contributed by atoms with Crippen LogP contribution in [-0.4, -0.2) is 18.1 Å². The van der Waals surface area contributed by atoms with Gasteiger partial charge in [-0.15, -0.1) is 0 Å². The lowest BCUT2D eigenvalue weighted by molar-refractivity contribution is -0.0722. The van der Waals surface area contributed by atoms with E-state index in [0.717, 1.165) is 37.4 Å². The zero-order chi connectivity index (χ0) is 16.6. The Hall–Kier alpha value is -2.58. The number of benzene rings is 1. The van der Waals surface area contributed by atoms with Gasteiger partial charge in [-0.3, -0.25) is 4.98 Å². The number of ether oxygens (including phenoxy) is 2. The van der Waals surface area contributed by atoms with E-state index in [2.05, 4.69) is 22.4 Å². The summed E-state index contributed by atoms with van der Waals surface area (Å²) in [6.07, 6.45) is 3.75. The lowest BCUT2D eigenvalue weighted by Crippen LogP contribution is -2.33. The second-order valence-corrected chi connectivity index (χ2v) is 6.39. The normalized spacial score (nSPS) is 23.0. The molecule has 122 valence electrons. The Balaban J connectivity index is 1.66. The molecule has 3 heterocycles. The predicted molar refractivity (Wildman–Crippen MR) is 88.8 cm³/mol. The van der Waals surface area contributed by atoms with Crippen LogP contribution >= 0.6 is 0 Å². The van der Waals surface area contributed by atoms with Crippen molar-refractivity contribution < 1.29 is 9.47 Å². The summed E-state index contributed by atoms with van der Waals surface area (Å²) in [5.41, 5.74) is 2.40. The first-order chi connectivity index (χ1) is 11.7. The van der Waals surface area contributed by atoms with E-state index >= 15 is 0 Å². The molecule has 1 aromatic heterocycles. The molecule has 1 atom stereocenters. The number of piperidine rings is 1. The van der Waals surface area contributed by atoms with E-state index in [0.29, 0.717) is 17.2 Å². The third-order valence-corrected chi connectivity index (χ3v) is 4.75. The topological polar surface area (TPSA) is 67.2 Å². The van der Waals surface area contributed by atoms with Crippen LogP contribution in [0.5, 0.6) is 11.5 Å². The van der Waals surface area contributed by atoms with E-state index in [-0.39, 0.29) is 0 Å². The van der Waals surface area contributed by atoms with Crippen molar-refractivity contribution in [2.45, 2.75) is 31.5 Å². The van der Waals surface area contributed by atoms with Crippen molar-refractivity contribution in [2.24, 2.45) is 0 Å². The molecule has 1 aromatic carbocycles. The smallest absolute Gasteiger partial charge is 0.292 e. The van der Waals surface area contributed by atoms with Gasteiger partial charge in [-0.25, -0.2) is 0 Å². The van der Waals surface area contributed by atoms with Gasteiger partial charge in [-0.05, 0) is 50.0 Å². The first kappa shape index (κ1) is 15.0. The number of pyridine rings is 1. The summed E-state index contributed by atoms with van der Waals surface area (Å²) in [4.78, 5) is 4.35. The van der Waals surface area contributed by atoms with Crippen molar-refractivity contribution in [3.8, 4) is 17.6 Å². The van der Waals surface area contributed by atoms with Gasteiger partial charge < -0.3 is 14.8 Å². The Bertz CT molecular complexity index is 791. The Morgan fingerprint density at radius 3 is 2.75 bits per heavy atom. The van der Waals surface area contributed by atoms with Crippen molar-refractivity contribution in [1.82, 2.24) is 10.3 Å². The van der Waals surface area contributed by atoms with Crippen LogP contribution in [0.3, 0.4) is 0 Å². The summed E-state index contributed by atoms with van der Waals surface area (Å²) in [5.74, 6) is 1.12. The quantitative estimate of drug-likeness (QED) is 0.921. The lowest BCUT2D eigenvalue weighted by atomic mass is 9.89. The van der Waals surface area contributed by atoms with Crippen molar-refractivity contribution in [1.29, 1.82) is 5.26 Å². The monoisotopic (exact) mass is 321 g/mol. The number of rotatable bonds is 2. The highest BCUT2D eigenvalue weighted by Crippen LogP contribution is 2.48. The molecule has 0 bridgehead atoms. The van der Waals surface area contributed by atoms with Gasteiger partial charge in [0.25, 0.3) is 5.79 Å². The summed E-state index contributed by atoms with van der Waals surface area (Å²) < 4.78 is 12.4. The summed E-state index contributed by atoms with van der Waals surface area (Å²) in [7, 11) is 0. The Kier molecular flexibility index (Phi) is 3.62. The van der Waals surface area contributed by atoms with Gasteiger partial charge in [0.15, 0.2) is 11.5 Å². The molecule has 2 aromatic rings. The highest BCUT2D eigenvalue weighted by molar-refractivity contribution is 5.51. The molecule has 5 heteroatoms. The second-order valence-electron chi connectivity index (χ2n) is 6.39. The molecule has 5 nitrogen and oxygen atoms in total. The van der Waals surface area contributed by atoms with E-state index in [1.807, 2.05) is 19.1 Å². The third-order valence-electron chi connectivity index (χ3n) is 4.75. The van der Waals surface area contributed by atoms with Gasteiger partial charge in [0.2, 0.25) is 0 Å². The van der Waals surface area contributed by atoms with E-state index in [1.54, 1.807) is 18.3 Å². The molecule has 0 saturated carbocycles. The molecule has 0 amide bonds. The van der Waals surface area contributed by atoms with Crippen LogP contribution in [0.25, 0.3) is 0 Å². The van der Waals surface area contributed by atoms with Crippen LogP contribution in [0.4, 0.5) is 0 Å². The van der Waals surface area contributed by atoms with Gasteiger partial charge in [0.05, 0.1) is 5.56 Å². The van der Waals surface area contributed by atoms with Crippen molar-refractivity contribution in [3.63, 3.8) is 0 Å². The lowest BCUT2D eigenvalue weighted by Gasteiger charge is -2.25. The predicted octanol–water partition coefficient (Wildman–Crippen LogP) is 3.06. The fraction of sp³-hybridized carbons (Fsp3) is 0.368. The van der Waals surface area contributed by atoms with Crippen LogP contribution in [0, 0.1) is 11.3 Å². The minimum absolute atomic E-state index is 0.487. The fourth-order valence-corrected chi connectivity index (χ4v) is 3.44. The molecule has 0 radical (unpaired) electrons. The molecule has 4 rings (SSSR count). The number of nitriles is 1. The number of hydrogen-bond donors (Lipinski definition) is 1. The maximum atomic E-state index is 8.92. The fourth-order valence-electron chi connectivity index (χ4n) is 3.44.